The molecule has 1 aliphatic heterocycles. The van der Waals surface area contributed by atoms with Gasteiger partial charge >= 0.3 is 0 Å². The maximum atomic E-state index is 12.5. The van der Waals surface area contributed by atoms with E-state index in [0.717, 1.165) is 16.5 Å². The predicted molar refractivity (Wildman–Crippen MR) is 97.3 cm³/mol. The fourth-order valence-electron chi connectivity index (χ4n) is 2.21. The molecule has 0 saturated heterocycles. The first-order chi connectivity index (χ1) is 11.1. The molecular weight excluding hydrogens is 424 g/mol. The van der Waals surface area contributed by atoms with Crippen molar-refractivity contribution < 1.29 is 14.3 Å². The largest absolute Gasteiger partial charge is 0.490 e. The number of rotatable bonds is 3. The zero-order valence-electron chi connectivity index (χ0n) is 12.2. The van der Waals surface area contributed by atoms with Gasteiger partial charge in [0.1, 0.15) is 0 Å². The first-order valence-corrected chi connectivity index (χ1v) is 8.79. The van der Waals surface area contributed by atoms with Gasteiger partial charge in [-0.15, -0.1) is 0 Å². The van der Waals surface area contributed by atoms with Gasteiger partial charge in [0, 0.05) is 20.9 Å². The Bertz CT molecular complexity index is 752. The minimum atomic E-state index is -0.0876. The molecular formula is C18H14Br2O3. The summed E-state index contributed by atoms with van der Waals surface area (Å²) < 4.78 is 13.0. The van der Waals surface area contributed by atoms with Crippen molar-refractivity contribution in [3.63, 3.8) is 0 Å². The lowest BCUT2D eigenvalue weighted by Gasteiger charge is -2.10. The molecule has 0 atom stereocenters. The van der Waals surface area contributed by atoms with E-state index >= 15 is 0 Å². The summed E-state index contributed by atoms with van der Waals surface area (Å²) in [5.41, 5.74) is 1.52. The average Bonchev–Trinajstić information content (AvgIpc) is 2.78. The highest BCUT2D eigenvalue weighted by Crippen LogP contribution is 2.35. The van der Waals surface area contributed by atoms with Gasteiger partial charge in [0.15, 0.2) is 17.3 Å². The summed E-state index contributed by atoms with van der Waals surface area (Å²) in [6.45, 7) is 1.22. The maximum absolute atomic E-state index is 12.5. The Kier molecular flexibility index (Phi) is 5.18. The van der Waals surface area contributed by atoms with Crippen LogP contribution in [0.1, 0.15) is 22.3 Å². The van der Waals surface area contributed by atoms with Crippen molar-refractivity contribution >= 4 is 43.7 Å². The van der Waals surface area contributed by atoms with Crippen LogP contribution in [0.4, 0.5) is 0 Å². The molecule has 0 aliphatic carbocycles. The van der Waals surface area contributed by atoms with Crippen LogP contribution in [0.15, 0.2) is 51.4 Å². The first kappa shape index (κ1) is 16.3. The average molecular weight is 438 g/mol. The molecule has 0 aromatic heterocycles. The van der Waals surface area contributed by atoms with Gasteiger partial charge in [0.25, 0.3) is 0 Å². The summed E-state index contributed by atoms with van der Waals surface area (Å²) in [6.07, 6.45) is 4.19. The van der Waals surface area contributed by atoms with Crippen molar-refractivity contribution in [2.45, 2.75) is 6.42 Å². The number of carbonyl (C=O) groups is 1. The smallest absolute Gasteiger partial charge is 0.187 e. The number of ketones is 1. The number of hydrogen-bond donors (Lipinski definition) is 0. The van der Waals surface area contributed by atoms with E-state index in [1.807, 2.05) is 24.3 Å². The Morgan fingerprint density at radius 2 is 1.65 bits per heavy atom. The second-order valence-corrected chi connectivity index (χ2v) is 6.85. The number of carbonyl (C=O) groups excluding carboxylic acids is 1. The Balaban J connectivity index is 1.84. The number of benzene rings is 2. The lowest BCUT2D eigenvalue weighted by atomic mass is 10.1. The fraction of sp³-hybridized carbons (Fsp3) is 0.167. The van der Waals surface area contributed by atoms with Gasteiger partial charge in [0.05, 0.1) is 13.2 Å². The topological polar surface area (TPSA) is 35.5 Å². The Hall–Kier alpha value is -1.59. The third kappa shape index (κ3) is 4.03. The van der Waals surface area contributed by atoms with Crippen LogP contribution in [0.2, 0.25) is 0 Å². The van der Waals surface area contributed by atoms with Gasteiger partial charge in [-0.25, -0.2) is 0 Å². The summed E-state index contributed by atoms with van der Waals surface area (Å²) in [6, 6.07) is 11.3. The van der Waals surface area contributed by atoms with E-state index in [-0.39, 0.29) is 5.78 Å². The van der Waals surface area contributed by atoms with E-state index in [9.17, 15) is 4.79 Å². The summed E-state index contributed by atoms with van der Waals surface area (Å²) >= 11 is 6.83. The van der Waals surface area contributed by atoms with E-state index in [1.165, 1.54) is 0 Å². The summed E-state index contributed by atoms with van der Waals surface area (Å²) in [7, 11) is 0. The Morgan fingerprint density at radius 3 is 2.35 bits per heavy atom. The molecule has 1 aliphatic rings. The summed E-state index contributed by atoms with van der Waals surface area (Å²) in [5.74, 6) is 1.20. The van der Waals surface area contributed by atoms with Crippen molar-refractivity contribution in [3.05, 3.63) is 62.5 Å². The number of fused-ring (bicyclic) bond motifs is 1. The molecule has 0 amide bonds. The highest BCUT2D eigenvalue weighted by molar-refractivity contribution is 9.10. The number of ether oxygens (including phenoxy) is 2. The van der Waals surface area contributed by atoms with E-state index in [1.54, 1.807) is 24.3 Å². The van der Waals surface area contributed by atoms with Crippen LogP contribution in [0, 0.1) is 0 Å². The van der Waals surface area contributed by atoms with Crippen molar-refractivity contribution in [1.29, 1.82) is 0 Å². The molecule has 0 unspecified atom stereocenters. The van der Waals surface area contributed by atoms with Crippen LogP contribution >= 0.6 is 31.9 Å². The predicted octanol–water partition coefficient (Wildman–Crippen LogP) is 5.27. The summed E-state index contributed by atoms with van der Waals surface area (Å²) in [4.78, 5) is 12.5. The highest BCUT2D eigenvalue weighted by Gasteiger charge is 2.16. The third-order valence-electron chi connectivity index (χ3n) is 3.40. The Morgan fingerprint density at radius 1 is 1.00 bits per heavy atom. The molecule has 5 heteroatoms. The lowest BCUT2D eigenvalue weighted by molar-refractivity contribution is 0.104. The monoisotopic (exact) mass is 436 g/mol. The minimum absolute atomic E-state index is 0.0876. The number of halogens is 2. The first-order valence-electron chi connectivity index (χ1n) is 7.20. The van der Waals surface area contributed by atoms with Crippen molar-refractivity contribution in [2.75, 3.05) is 13.2 Å². The molecule has 0 saturated carbocycles. The molecule has 3 rings (SSSR count). The molecule has 23 heavy (non-hydrogen) atoms. The quantitative estimate of drug-likeness (QED) is 0.484. The highest BCUT2D eigenvalue weighted by atomic mass is 79.9. The fourth-order valence-corrected chi connectivity index (χ4v) is 2.99. The van der Waals surface area contributed by atoms with Gasteiger partial charge in [-0.2, -0.15) is 0 Å². The summed E-state index contributed by atoms with van der Waals surface area (Å²) in [5, 5.41) is 0. The van der Waals surface area contributed by atoms with Crippen molar-refractivity contribution in [1.82, 2.24) is 0 Å². The second kappa shape index (κ2) is 7.32. The molecule has 0 spiro atoms. The van der Waals surface area contributed by atoms with E-state index < -0.39 is 0 Å². The van der Waals surface area contributed by atoms with Crippen LogP contribution in [-0.4, -0.2) is 19.0 Å². The van der Waals surface area contributed by atoms with E-state index in [0.29, 0.717) is 34.7 Å². The second-order valence-electron chi connectivity index (χ2n) is 5.08. The standard InChI is InChI=1S/C18H14Br2O3/c19-13-5-2-12(3-6-13)4-7-16(21)14-10-17-18(11-15(14)20)23-9-1-8-22-17/h2-7,10-11H,1,8-9H2. The number of allylic oxidation sites excluding steroid dienone is 1. The van der Waals surface area contributed by atoms with Gasteiger partial charge in [-0.1, -0.05) is 34.1 Å². The van der Waals surface area contributed by atoms with Crippen molar-refractivity contribution in [2.24, 2.45) is 0 Å². The van der Waals surface area contributed by atoms with Gasteiger partial charge < -0.3 is 9.47 Å². The molecule has 118 valence electrons. The van der Waals surface area contributed by atoms with Crippen LogP contribution in [0.3, 0.4) is 0 Å². The lowest BCUT2D eigenvalue weighted by Crippen LogP contribution is -1.99. The van der Waals surface area contributed by atoms with Gasteiger partial charge in [-0.3, -0.25) is 4.79 Å². The SMILES string of the molecule is O=C(C=Cc1ccc(Br)cc1)c1cc2c(cc1Br)OCCCO2. The molecule has 3 nitrogen and oxygen atoms in total. The van der Waals surface area contributed by atoms with Gasteiger partial charge in [-0.05, 0) is 51.8 Å². The molecule has 0 N–H and O–H groups in total. The van der Waals surface area contributed by atoms with Crippen molar-refractivity contribution in [3.8, 4) is 11.5 Å². The van der Waals surface area contributed by atoms with Crippen LogP contribution in [0.5, 0.6) is 11.5 Å². The Labute approximate surface area is 151 Å². The maximum Gasteiger partial charge on any atom is 0.187 e. The van der Waals surface area contributed by atoms with Gasteiger partial charge in [0.2, 0.25) is 0 Å². The zero-order chi connectivity index (χ0) is 16.2. The molecule has 1 heterocycles. The molecule has 2 aromatic carbocycles. The van der Waals surface area contributed by atoms with Crippen LogP contribution in [-0.2, 0) is 0 Å². The number of hydrogen-bond acceptors (Lipinski definition) is 3. The van der Waals surface area contributed by atoms with E-state index in [2.05, 4.69) is 31.9 Å². The molecule has 0 fully saturated rings. The van der Waals surface area contributed by atoms with Crippen LogP contribution in [0.25, 0.3) is 6.08 Å². The molecule has 0 bridgehead atoms. The molecule has 0 radical (unpaired) electrons. The zero-order valence-corrected chi connectivity index (χ0v) is 15.4. The molecule has 2 aromatic rings. The normalized spacial score (nSPS) is 13.8. The minimum Gasteiger partial charge on any atom is -0.490 e. The van der Waals surface area contributed by atoms with Crippen LogP contribution < -0.4 is 9.47 Å². The van der Waals surface area contributed by atoms with E-state index in [4.69, 9.17) is 9.47 Å². The third-order valence-corrected chi connectivity index (χ3v) is 4.58.